The molecule has 0 saturated heterocycles. The highest BCUT2D eigenvalue weighted by molar-refractivity contribution is 5.99. The van der Waals surface area contributed by atoms with Crippen LogP contribution < -0.4 is 16.1 Å². The number of carbonyl (C=O) groups excluding carboxylic acids is 2. The topological polar surface area (TPSA) is 93.1 Å². The zero-order valence-electron chi connectivity index (χ0n) is 19.0. The molecule has 34 heavy (non-hydrogen) atoms. The van der Waals surface area contributed by atoms with Gasteiger partial charge in [-0.2, -0.15) is 13.2 Å². The summed E-state index contributed by atoms with van der Waals surface area (Å²) in [5.41, 5.74) is -1.90. The van der Waals surface area contributed by atoms with Crippen molar-refractivity contribution in [3.8, 4) is 0 Å². The Balaban J connectivity index is 1.99. The van der Waals surface area contributed by atoms with Crippen molar-refractivity contribution in [3.63, 3.8) is 0 Å². The molecule has 2 heterocycles. The summed E-state index contributed by atoms with van der Waals surface area (Å²) < 4.78 is 42.9. The fraction of sp³-hybridized carbons (Fsp3) is 0.500. The molecule has 0 spiro atoms. The molecule has 0 aromatic carbocycles. The first-order valence-electron chi connectivity index (χ1n) is 11.5. The molecule has 10 heteroatoms. The Labute approximate surface area is 195 Å². The Morgan fingerprint density at radius 3 is 2.41 bits per heavy atom. The van der Waals surface area contributed by atoms with Crippen LogP contribution in [0.15, 0.2) is 41.7 Å². The molecule has 184 valence electrons. The van der Waals surface area contributed by atoms with Gasteiger partial charge in [0.2, 0.25) is 5.43 Å². The van der Waals surface area contributed by atoms with E-state index in [2.05, 4.69) is 10.3 Å². The summed E-state index contributed by atoms with van der Waals surface area (Å²) in [7, 11) is 0. The summed E-state index contributed by atoms with van der Waals surface area (Å²) in [6.07, 6.45) is 6.31. The summed E-state index contributed by atoms with van der Waals surface area (Å²) in [5, 5.41) is 4.59. The summed E-state index contributed by atoms with van der Waals surface area (Å²) >= 11 is 0. The van der Waals surface area contributed by atoms with Gasteiger partial charge >= 0.3 is 6.18 Å². The van der Waals surface area contributed by atoms with Gasteiger partial charge < -0.3 is 15.2 Å². The number of nitrogens with zero attached hydrogens (tertiary/aromatic N) is 2. The molecule has 0 radical (unpaired) electrons. The zero-order valence-corrected chi connectivity index (χ0v) is 19.0. The van der Waals surface area contributed by atoms with Crippen LogP contribution in [0, 0.1) is 0 Å². The third-order valence-corrected chi connectivity index (χ3v) is 5.97. The van der Waals surface area contributed by atoms with Crippen LogP contribution in [0.3, 0.4) is 0 Å². The van der Waals surface area contributed by atoms with Gasteiger partial charge in [-0.05, 0) is 25.3 Å². The van der Waals surface area contributed by atoms with Crippen molar-refractivity contribution in [1.82, 2.24) is 20.2 Å². The number of hydrogen-bond acceptors (Lipinski definition) is 4. The second kappa shape index (κ2) is 11.3. The van der Waals surface area contributed by atoms with E-state index in [0.717, 1.165) is 44.7 Å². The van der Waals surface area contributed by atoms with E-state index in [1.807, 2.05) is 12.2 Å². The first-order valence-corrected chi connectivity index (χ1v) is 11.5. The molecule has 3 rings (SSSR count). The van der Waals surface area contributed by atoms with Crippen LogP contribution in [0.5, 0.6) is 0 Å². The molecule has 0 bridgehead atoms. The molecule has 1 atom stereocenters. The summed E-state index contributed by atoms with van der Waals surface area (Å²) in [6, 6.07) is 0.138. The van der Waals surface area contributed by atoms with Crippen LogP contribution in [-0.4, -0.2) is 34.1 Å². The van der Waals surface area contributed by atoms with Crippen molar-refractivity contribution in [1.29, 1.82) is 0 Å². The van der Waals surface area contributed by atoms with Gasteiger partial charge in [-0.1, -0.05) is 38.7 Å². The highest BCUT2D eigenvalue weighted by Crippen LogP contribution is 2.32. The number of unbranched alkanes of at least 4 members (excludes halogenated alkanes) is 1. The predicted octanol–water partition coefficient (Wildman–Crippen LogP) is 4.31. The molecule has 2 N–H and O–H groups in total. The van der Waals surface area contributed by atoms with Crippen LogP contribution >= 0.6 is 0 Å². The van der Waals surface area contributed by atoms with Gasteiger partial charge in [-0.15, -0.1) is 0 Å². The third kappa shape index (κ3) is 6.24. The normalized spacial score (nSPS) is 15.5. The number of halogens is 3. The lowest BCUT2D eigenvalue weighted by Crippen LogP contribution is -2.41. The van der Waals surface area contributed by atoms with E-state index in [9.17, 15) is 27.6 Å². The quantitative estimate of drug-likeness (QED) is 0.553. The standard InChI is InChI=1S/C24H29F3N4O3/c1-2-3-12-29-22(33)18-14-31(17-9-5-4-6-10-17)15-19(20(18)32)23(34)30-21(24(25,26)27)16-8-7-11-28-13-16/h7-8,11,13-15,17,21H,2-6,9-10,12H2,1H3,(H,29,33)(H,30,34)/t21-/m0/s1. The number of rotatable bonds is 8. The maximum absolute atomic E-state index is 13.7. The number of hydrogen-bond donors (Lipinski definition) is 2. The molecular formula is C24H29F3N4O3. The van der Waals surface area contributed by atoms with E-state index < -0.39 is 35.0 Å². The van der Waals surface area contributed by atoms with E-state index >= 15 is 0 Å². The highest BCUT2D eigenvalue weighted by Gasteiger charge is 2.42. The molecule has 1 aliphatic rings. The van der Waals surface area contributed by atoms with Crippen LogP contribution in [0.2, 0.25) is 0 Å². The van der Waals surface area contributed by atoms with Crippen LogP contribution in [0.1, 0.15) is 90.2 Å². The lowest BCUT2D eigenvalue weighted by Gasteiger charge is -2.26. The van der Waals surface area contributed by atoms with Crippen LogP contribution in [0.25, 0.3) is 0 Å². The third-order valence-electron chi connectivity index (χ3n) is 5.97. The minimum Gasteiger partial charge on any atom is -0.352 e. The van der Waals surface area contributed by atoms with Crippen molar-refractivity contribution in [2.24, 2.45) is 0 Å². The Morgan fingerprint density at radius 2 is 1.82 bits per heavy atom. The van der Waals surface area contributed by atoms with Gasteiger partial charge in [0.25, 0.3) is 11.8 Å². The molecule has 2 aromatic heterocycles. The lowest BCUT2D eigenvalue weighted by molar-refractivity contribution is -0.155. The van der Waals surface area contributed by atoms with E-state index in [1.54, 1.807) is 4.57 Å². The summed E-state index contributed by atoms with van der Waals surface area (Å²) in [5.74, 6) is -1.83. The number of amides is 2. The van der Waals surface area contributed by atoms with Gasteiger partial charge in [-0.3, -0.25) is 19.4 Å². The summed E-state index contributed by atoms with van der Waals surface area (Å²) in [6.45, 7) is 2.30. The van der Waals surface area contributed by atoms with E-state index in [4.69, 9.17) is 0 Å². The van der Waals surface area contributed by atoms with E-state index in [0.29, 0.717) is 13.0 Å². The van der Waals surface area contributed by atoms with Crippen molar-refractivity contribution in [3.05, 3.63) is 63.8 Å². The monoisotopic (exact) mass is 478 g/mol. The Bertz CT molecular complexity index is 1050. The smallest absolute Gasteiger partial charge is 0.352 e. The SMILES string of the molecule is CCCCNC(=O)c1cn(C2CCCCC2)cc(C(=O)N[C@@H](c2cccnc2)C(F)(F)F)c1=O. The molecular weight excluding hydrogens is 449 g/mol. The average molecular weight is 479 g/mol. The maximum atomic E-state index is 13.7. The summed E-state index contributed by atoms with van der Waals surface area (Å²) in [4.78, 5) is 42.5. The maximum Gasteiger partial charge on any atom is 0.412 e. The van der Waals surface area contributed by atoms with E-state index in [-0.39, 0.29) is 17.2 Å². The molecule has 2 aromatic rings. The Morgan fingerprint density at radius 1 is 1.15 bits per heavy atom. The minimum absolute atomic E-state index is 0.0418. The van der Waals surface area contributed by atoms with Crippen molar-refractivity contribution >= 4 is 11.8 Å². The van der Waals surface area contributed by atoms with Gasteiger partial charge in [-0.25, -0.2) is 0 Å². The second-order valence-electron chi connectivity index (χ2n) is 8.50. The molecule has 7 nitrogen and oxygen atoms in total. The van der Waals surface area contributed by atoms with Gasteiger partial charge in [0, 0.05) is 42.9 Å². The second-order valence-corrected chi connectivity index (χ2v) is 8.50. The van der Waals surface area contributed by atoms with Crippen LogP contribution in [-0.2, 0) is 0 Å². The first-order chi connectivity index (χ1) is 16.2. The number of aromatic nitrogens is 2. The highest BCUT2D eigenvalue weighted by atomic mass is 19.4. The first kappa shape index (κ1) is 25.5. The number of pyridine rings is 2. The fourth-order valence-electron chi connectivity index (χ4n) is 4.09. The minimum atomic E-state index is -4.81. The zero-order chi connectivity index (χ0) is 24.7. The number of nitrogens with one attached hydrogen (secondary N) is 2. The Kier molecular flexibility index (Phi) is 8.46. The largest absolute Gasteiger partial charge is 0.412 e. The van der Waals surface area contributed by atoms with Crippen LogP contribution in [0.4, 0.5) is 13.2 Å². The predicted molar refractivity (Wildman–Crippen MR) is 121 cm³/mol. The number of carbonyl (C=O) groups is 2. The number of alkyl halides is 3. The van der Waals surface area contributed by atoms with Crippen molar-refractivity contribution < 1.29 is 22.8 Å². The van der Waals surface area contributed by atoms with Crippen molar-refractivity contribution in [2.45, 2.75) is 70.1 Å². The molecule has 0 unspecified atom stereocenters. The molecule has 1 fully saturated rings. The van der Waals surface area contributed by atoms with Gasteiger partial charge in [0.1, 0.15) is 11.1 Å². The van der Waals surface area contributed by atoms with Crippen molar-refractivity contribution in [2.75, 3.05) is 6.54 Å². The van der Waals surface area contributed by atoms with Gasteiger partial charge in [0.15, 0.2) is 6.04 Å². The molecule has 0 aliphatic heterocycles. The average Bonchev–Trinajstić information content (AvgIpc) is 2.83. The van der Waals surface area contributed by atoms with Gasteiger partial charge in [0.05, 0.1) is 0 Å². The molecule has 1 saturated carbocycles. The lowest BCUT2D eigenvalue weighted by atomic mass is 9.95. The molecule has 2 amide bonds. The Hall–Kier alpha value is -3.17. The fourth-order valence-corrected chi connectivity index (χ4v) is 4.09. The van der Waals surface area contributed by atoms with E-state index in [1.165, 1.54) is 30.7 Å². The molecule has 1 aliphatic carbocycles.